The number of nitrogens with zero attached hydrogens (tertiary/aromatic N) is 2. The lowest BCUT2D eigenvalue weighted by molar-refractivity contribution is 0.0696. The van der Waals surface area contributed by atoms with Gasteiger partial charge in [0.2, 0.25) is 0 Å². The van der Waals surface area contributed by atoms with Gasteiger partial charge in [-0.25, -0.2) is 4.79 Å². The van der Waals surface area contributed by atoms with E-state index in [2.05, 4.69) is 16.1 Å². The van der Waals surface area contributed by atoms with E-state index in [1.807, 2.05) is 12.2 Å². The Morgan fingerprint density at radius 3 is 3.14 bits per heavy atom. The summed E-state index contributed by atoms with van der Waals surface area (Å²) >= 11 is 0. The zero-order valence-corrected chi connectivity index (χ0v) is 11.6. The van der Waals surface area contributed by atoms with Crippen molar-refractivity contribution in [3.8, 4) is 0 Å². The molecule has 2 atom stereocenters. The number of pyridine rings is 1. The van der Waals surface area contributed by atoms with Crippen molar-refractivity contribution in [3.63, 3.8) is 0 Å². The van der Waals surface area contributed by atoms with Crippen molar-refractivity contribution < 1.29 is 9.90 Å². The molecule has 1 aromatic rings. The number of aromatic carboxylic acids is 1. The third-order valence-corrected chi connectivity index (χ3v) is 4.73. The monoisotopic (exact) mass is 280 g/mol. The van der Waals surface area contributed by atoms with Gasteiger partial charge >= 0.3 is 5.97 Å². The maximum absolute atomic E-state index is 11.1. The van der Waals surface area contributed by atoms with Crippen LogP contribution in [0.25, 0.3) is 6.08 Å². The summed E-state index contributed by atoms with van der Waals surface area (Å²) < 4.78 is 0. The summed E-state index contributed by atoms with van der Waals surface area (Å²) in [6.45, 7) is 0.952. The Hall–Kier alpha value is -2.23. The van der Waals surface area contributed by atoms with E-state index in [1.165, 1.54) is 17.5 Å². The summed E-state index contributed by atoms with van der Waals surface area (Å²) in [7, 11) is 0. The summed E-state index contributed by atoms with van der Waals surface area (Å²) in [6, 6.07) is 1.73. The molecule has 0 amide bonds. The van der Waals surface area contributed by atoms with E-state index in [4.69, 9.17) is 5.11 Å². The zero-order chi connectivity index (χ0) is 14.4. The molecule has 3 aliphatic rings. The first kappa shape index (κ1) is 12.5. The van der Waals surface area contributed by atoms with Gasteiger partial charge < -0.3 is 5.11 Å². The summed E-state index contributed by atoms with van der Waals surface area (Å²) in [6.07, 6.45) is 10.8. The molecule has 106 valence electrons. The Morgan fingerprint density at radius 1 is 1.38 bits per heavy atom. The zero-order valence-electron chi connectivity index (χ0n) is 11.6. The predicted octanol–water partition coefficient (Wildman–Crippen LogP) is 3.07. The highest BCUT2D eigenvalue weighted by molar-refractivity contribution is 5.92. The molecule has 0 saturated heterocycles. The highest BCUT2D eigenvalue weighted by atomic mass is 16.4. The first-order valence-corrected chi connectivity index (χ1v) is 7.36. The molecule has 4 heteroatoms. The first-order chi connectivity index (χ1) is 10.2. The highest BCUT2D eigenvalue weighted by Gasteiger charge is 2.35. The standard InChI is InChI=1S/C17H16N2O2/c20-17(21)13-6-12-3-1-2-10-8-15-11(4-5-18-15)7-14(10)16(12)19-9-13/h1-3,6,9,11,14H,4-5,7-8H2,(H,20,21). The molecule has 1 aromatic heterocycles. The fourth-order valence-electron chi connectivity index (χ4n) is 3.65. The number of carboxylic acids is 1. The van der Waals surface area contributed by atoms with E-state index < -0.39 is 5.97 Å². The number of carboxylic acid groups (broad SMARTS) is 1. The van der Waals surface area contributed by atoms with Crippen LogP contribution in [0, 0.1) is 5.92 Å². The van der Waals surface area contributed by atoms with E-state index in [9.17, 15) is 4.79 Å². The van der Waals surface area contributed by atoms with Gasteiger partial charge in [-0.15, -0.1) is 0 Å². The van der Waals surface area contributed by atoms with Crippen LogP contribution in [0.4, 0.5) is 0 Å². The molecule has 0 aromatic carbocycles. The van der Waals surface area contributed by atoms with Crippen LogP contribution >= 0.6 is 0 Å². The SMILES string of the molecule is O=C(O)c1cnc2c(c1)C=CC=C1CC3=NCCC3CC12. The van der Waals surface area contributed by atoms with Gasteiger partial charge in [0.25, 0.3) is 0 Å². The number of allylic oxidation sites excluding steroid dienone is 3. The fourth-order valence-corrected chi connectivity index (χ4v) is 3.65. The Balaban J connectivity index is 1.77. The van der Waals surface area contributed by atoms with Crippen LogP contribution in [0.15, 0.2) is 35.0 Å². The second-order valence-corrected chi connectivity index (χ2v) is 5.93. The smallest absolute Gasteiger partial charge is 0.337 e. The number of aromatic nitrogens is 1. The molecule has 0 spiro atoms. The van der Waals surface area contributed by atoms with Crippen LogP contribution in [-0.2, 0) is 0 Å². The van der Waals surface area contributed by atoms with Crippen LogP contribution in [0.2, 0.25) is 0 Å². The van der Waals surface area contributed by atoms with Gasteiger partial charge in [-0.3, -0.25) is 9.98 Å². The van der Waals surface area contributed by atoms with Crippen LogP contribution < -0.4 is 0 Å². The summed E-state index contributed by atoms with van der Waals surface area (Å²) in [4.78, 5) is 20.2. The van der Waals surface area contributed by atoms with Crippen molar-refractivity contribution in [1.29, 1.82) is 0 Å². The Morgan fingerprint density at radius 2 is 2.29 bits per heavy atom. The van der Waals surface area contributed by atoms with Crippen LogP contribution in [0.3, 0.4) is 0 Å². The number of carbonyl (C=O) groups is 1. The quantitative estimate of drug-likeness (QED) is 0.860. The van der Waals surface area contributed by atoms with Crippen LogP contribution in [0.1, 0.15) is 46.8 Å². The average Bonchev–Trinajstić information content (AvgIpc) is 2.85. The molecule has 1 N–H and O–H groups in total. The van der Waals surface area contributed by atoms with E-state index in [0.717, 1.165) is 37.1 Å². The minimum absolute atomic E-state index is 0.251. The molecule has 1 aliphatic heterocycles. The second-order valence-electron chi connectivity index (χ2n) is 5.93. The summed E-state index contributed by atoms with van der Waals surface area (Å²) in [5.74, 6) is -0.0380. The van der Waals surface area contributed by atoms with Crippen molar-refractivity contribution in [2.24, 2.45) is 10.9 Å². The van der Waals surface area contributed by atoms with Gasteiger partial charge in [0.1, 0.15) is 0 Å². The molecule has 4 nitrogen and oxygen atoms in total. The van der Waals surface area contributed by atoms with E-state index in [1.54, 1.807) is 6.07 Å². The minimum Gasteiger partial charge on any atom is -0.478 e. The topological polar surface area (TPSA) is 62.5 Å². The number of aliphatic imine (C=N–C) groups is 1. The normalized spacial score (nSPS) is 26.1. The number of rotatable bonds is 1. The largest absolute Gasteiger partial charge is 0.478 e. The second kappa shape index (κ2) is 4.65. The Bertz CT molecular complexity index is 716. The number of hydrogen-bond donors (Lipinski definition) is 1. The molecular weight excluding hydrogens is 264 g/mol. The first-order valence-electron chi connectivity index (χ1n) is 7.36. The molecular formula is C17H16N2O2. The molecule has 1 saturated carbocycles. The van der Waals surface area contributed by atoms with Gasteiger partial charge in [-0.05, 0) is 30.4 Å². The van der Waals surface area contributed by atoms with Crippen molar-refractivity contribution in [2.45, 2.75) is 25.2 Å². The van der Waals surface area contributed by atoms with Gasteiger partial charge in [0.15, 0.2) is 0 Å². The van der Waals surface area contributed by atoms with E-state index in [0.29, 0.717) is 11.8 Å². The molecule has 0 bridgehead atoms. The Kier molecular flexibility index (Phi) is 2.77. The number of fused-ring (bicyclic) bond motifs is 4. The average molecular weight is 280 g/mol. The summed E-state index contributed by atoms with van der Waals surface area (Å²) in [5.41, 5.74) is 4.91. The third-order valence-electron chi connectivity index (χ3n) is 4.73. The van der Waals surface area contributed by atoms with Gasteiger partial charge in [0.05, 0.1) is 11.3 Å². The lowest BCUT2D eigenvalue weighted by atomic mass is 9.74. The molecule has 2 unspecified atom stereocenters. The predicted molar refractivity (Wildman–Crippen MR) is 80.7 cm³/mol. The maximum atomic E-state index is 11.1. The highest BCUT2D eigenvalue weighted by Crippen LogP contribution is 2.43. The maximum Gasteiger partial charge on any atom is 0.337 e. The van der Waals surface area contributed by atoms with Crippen LogP contribution in [0.5, 0.6) is 0 Å². The van der Waals surface area contributed by atoms with Crippen molar-refractivity contribution in [3.05, 3.63) is 46.8 Å². The van der Waals surface area contributed by atoms with Crippen molar-refractivity contribution in [1.82, 2.24) is 4.98 Å². The lowest BCUT2D eigenvalue weighted by Gasteiger charge is -2.30. The van der Waals surface area contributed by atoms with Crippen LogP contribution in [-0.4, -0.2) is 28.3 Å². The third kappa shape index (κ3) is 2.02. The fraction of sp³-hybridized carbons (Fsp3) is 0.353. The van der Waals surface area contributed by atoms with E-state index in [-0.39, 0.29) is 5.56 Å². The molecule has 2 aliphatic carbocycles. The molecule has 1 fully saturated rings. The summed E-state index contributed by atoms with van der Waals surface area (Å²) in [5, 5.41) is 9.12. The molecule has 4 rings (SSSR count). The minimum atomic E-state index is -0.926. The lowest BCUT2D eigenvalue weighted by Crippen LogP contribution is -2.24. The number of hydrogen-bond acceptors (Lipinski definition) is 3. The van der Waals surface area contributed by atoms with Gasteiger partial charge in [-0.1, -0.05) is 23.8 Å². The van der Waals surface area contributed by atoms with Crippen molar-refractivity contribution in [2.75, 3.05) is 6.54 Å². The molecule has 2 heterocycles. The van der Waals surface area contributed by atoms with Crippen molar-refractivity contribution >= 4 is 17.8 Å². The molecule has 0 radical (unpaired) electrons. The van der Waals surface area contributed by atoms with Gasteiger partial charge in [0, 0.05) is 30.8 Å². The molecule has 21 heavy (non-hydrogen) atoms. The Labute approximate surface area is 122 Å². The van der Waals surface area contributed by atoms with E-state index >= 15 is 0 Å². The van der Waals surface area contributed by atoms with Gasteiger partial charge in [-0.2, -0.15) is 0 Å².